The molecule has 1 aromatic carbocycles. The molecule has 2 saturated heterocycles. The molecule has 5 aliphatic rings. The zero-order chi connectivity index (χ0) is 42.2. The third-order valence-electron chi connectivity index (χ3n) is 13.6. The van der Waals surface area contributed by atoms with E-state index in [1.165, 1.54) is 32.3 Å². The van der Waals surface area contributed by atoms with Crippen LogP contribution in [0.5, 0.6) is 0 Å². The maximum atomic E-state index is 13.9. The van der Waals surface area contributed by atoms with Crippen LogP contribution in [0, 0.1) is 22.7 Å². The van der Waals surface area contributed by atoms with Crippen molar-refractivity contribution in [2.45, 2.75) is 146 Å². The molecule has 320 valence electrons. The highest BCUT2D eigenvalue weighted by Crippen LogP contribution is 2.56. The first-order chi connectivity index (χ1) is 27.4. The van der Waals surface area contributed by atoms with Gasteiger partial charge in [-0.3, -0.25) is 14.4 Å². The van der Waals surface area contributed by atoms with Gasteiger partial charge in [0.05, 0.1) is 35.9 Å². The van der Waals surface area contributed by atoms with E-state index in [2.05, 4.69) is 0 Å². The van der Waals surface area contributed by atoms with Crippen LogP contribution in [0.3, 0.4) is 0 Å². The average Bonchev–Trinajstić information content (AvgIpc) is 3.51. The first kappa shape index (κ1) is 44.3. The highest BCUT2D eigenvalue weighted by molar-refractivity contribution is 5.97. The van der Waals surface area contributed by atoms with Crippen molar-refractivity contribution in [3.05, 3.63) is 54.1 Å². The SMILES string of the molecule is COC1CC(OC2CCC3(C)C(CC(OC(=O)C=Cc4ccccc4)C4(C)C(=O)CCC4C(C)=O)C(=O)C=CC3(O)C2)OC(C)C1OC1OC(CO)C(O)C(O)C1O. The molecule has 4 fully saturated rings. The van der Waals surface area contributed by atoms with Gasteiger partial charge in [0, 0.05) is 49.7 Å². The molecule has 0 aromatic heterocycles. The molecule has 58 heavy (non-hydrogen) atoms. The summed E-state index contributed by atoms with van der Waals surface area (Å²) in [5, 5.41) is 53.0. The van der Waals surface area contributed by atoms with Crippen molar-refractivity contribution < 1.29 is 73.1 Å². The van der Waals surface area contributed by atoms with Crippen molar-refractivity contribution in [1.82, 2.24) is 0 Å². The van der Waals surface area contributed by atoms with Crippen LogP contribution >= 0.6 is 0 Å². The fraction of sp³-hybridized carbons (Fsp3) is 0.674. The number of ether oxygens (including phenoxy) is 6. The third-order valence-corrected chi connectivity index (χ3v) is 13.6. The molecule has 6 rings (SSSR count). The van der Waals surface area contributed by atoms with Crippen LogP contribution in [0.4, 0.5) is 0 Å². The molecule has 15 heteroatoms. The summed E-state index contributed by atoms with van der Waals surface area (Å²) < 4.78 is 36.0. The van der Waals surface area contributed by atoms with Crippen molar-refractivity contribution >= 4 is 29.4 Å². The second kappa shape index (κ2) is 17.8. The number of rotatable bonds is 13. The van der Waals surface area contributed by atoms with Crippen molar-refractivity contribution in [3.63, 3.8) is 0 Å². The summed E-state index contributed by atoms with van der Waals surface area (Å²) in [6.45, 7) is 6.00. The topological polar surface area (TPSA) is 225 Å². The minimum atomic E-state index is -1.62. The van der Waals surface area contributed by atoms with Gasteiger partial charge in [-0.2, -0.15) is 0 Å². The maximum Gasteiger partial charge on any atom is 0.331 e. The predicted octanol–water partition coefficient (Wildman–Crippen LogP) is 1.97. The Morgan fingerprint density at radius 1 is 1.02 bits per heavy atom. The minimum absolute atomic E-state index is 0.0843. The molecule has 5 N–H and O–H groups in total. The second-order valence-electron chi connectivity index (χ2n) is 17.0. The fourth-order valence-corrected chi connectivity index (χ4v) is 9.91. The Labute approximate surface area is 338 Å². The molecular weight excluding hydrogens is 756 g/mol. The molecule has 0 amide bonds. The standard InChI is InChI=1S/C43H58O15/c1-23(45)27-12-13-32(47)42(27,4)33(57-34(48)14-11-25-9-7-6-8-10-25)19-28-29(46)16-18-43(52)21-26(15-17-41(28,43)3)55-35-20-30(53-5)39(24(2)54-35)58-40-38(51)37(50)36(49)31(22-44)56-40/h6-11,14,16,18,24,26-28,30-31,33,35-40,44,49-52H,12-13,15,17,19-22H2,1-5H3. The highest BCUT2D eigenvalue weighted by atomic mass is 16.7. The van der Waals surface area contributed by atoms with E-state index in [1.807, 2.05) is 37.3 Å². The zero-order valence-corrected chi connectivity index (χ0v) is 33.7. The van der Waals surface area contributed by atoms with E-state index in [4.69, 9.17) is 28.4 Å². The molecule has 15 nitrogen and oxygen atoms in total. The van der Waals surface area contributed by atoms with Gasteiger partial charge in [-0.05, 0) is 70.2 Å². The van der Waals surface area contributed by atoms with Crippen molar-refractivity contribution in [2.75, 3.05) is 13.7 Å². The predicted molar refractivity (Wildman–Crippen MR) is 204 cm³/mol. The van der Waals surface area contributed by atoms with Crippen LogP contribution in [0.15, 0.2) is 48.6 Å². The van der Waals surface area contributed by atoms with Gasteiger partial charge < -0.3 is 54.0 Å². The first-order valence-electron chi connectivity index (χ1n) is 20.2. The third kappa shape index (κ3) is 8.53. The summed E-state index contributed by atoms with van der Waals surface area (Å²) in [6, 6.07) is 9.14. The monoisotopic (exact) mass is 814 g/mol. The molecule has 3 aliphatic carbocycles. The number of Topliss-reactive ketones (excluding diaryl/α,β-unsaturated/α-hetero) is 2. The first-order valence-corrected chi connectivity index (χ1v) is 20.2. The number of hydrogen-bond acceptors (Lipinski definition) is 15. The summed E-state index contributed by atoms with van der Waals surface area (Å²) in [7, 11) is 1.48. The minimum Gasteiger partial charge on any atom is -0.458 e. The van der Waals surface area contributed by atoms with Crippen LogP contribution in [-0.2, 0) is 47.6 Å². The number of esters is 1. The Kier molecular flexibility index (Phi) is 13.6. The number of hydrogen-bond donors (Lipinski definition) is 5. The van der Waals surface area contributed by atoms with Gasteiger partial charge in [0.25, 0.3) is 0 Å². The number of fused-ring (bicyclic) bond motifs is 1. The highest BCUT2D eigenvalue weighted by Gasteiger charge is 2.61. The smallest absolute Gasteiger partial charge is 0.331 e. The quantitative estimate of drug-likeness (QED) is 0.142. The van der Waals surface area contributed by atoms with E-state index >= 15 is 0 Å². The Morgan fingerprint density at radius 3 is 2.41 bits per heavy atom. The molecule has 16 atom stereocenters. The summed E-state index contributed by atoms with van der Waals surface area (Å²) in [5.41, 5.74) is -3.23. The number of benzene rings is 1. The number of carbonyl (C=O) groups excluding carboxylic acids is 4. The van der Waals surface area contributed by atoms with Gasteiger partial charge in [0.2, 0.25) is 0 Å². The van der Waals surface area contributed by atoms with E-state index < -0.39 is 108 Å². The van der Waals surface area contributed by atoms with Gasteiger partial charge in [0.1, 0.15) is 48.2 Å². The Morgan fingerprint density at radius 2 is 1.74 bits per heavy atom. The average molecular weight is 815 g/mol. The largest absolute Gasteiger partial charge is 0.458 e. The molecule has 2 heterocycles. The van der Waals surface area contributed by atoms with Crippen LogP contribution in [-0.4, -0.2) is 136 Å². The van der Waals surface area contributed by atoms with Gasteiger partial charge in [-0.25, -0.2) is 4.79 Å². The molecule has 0 radical (unpaired) electrons. The van der Waals surface area contributed by atoms with E-state index in [1.54, 1.807) is 19.9 Å². The molecule has 2 aliphatic heterocycles. The lowest BCUT2D eigenvalue weighted by molar-refractivity contribution is -0.346. The molecule has 16 unspecified atom stereocenters. The number of allylic oxidation sites excluding steroid dienone is 1. The van der Waals surface area contributed by atoms with Crippen LogP contribution in [0.25, 0.3) is 6.08 Å². The van der Waals surface area contributed by atoms with Crippen LogP contribution in [0.2, 0.25) is 0 Å². The zero-order valence-electron chi connectivity index (χ0n) is 33.7. The van der Waals surface area contributed by atoms with Crippen molar-refractivity contribution in [1.29, 1.82) is 0 Å². The Hall–Kier alpha value is -3.22. The summed E-state index contributed by atoms with van der Waals surface area (Å²) >= 11 is 0. The number of aliphatic hydroxyl groups is 5. The molecule has 2 saturated carbocycles. The number of carbonyl (C=O) groups is 4. The maximum absolute atomic E-state index is 13.9. The molecule has 0 spiro atoms. The Bertz CT molecular complexity index is 1710. The van der Waals surface area contributed by atoms with Gasteiger partial charge in [-0.1, -0.05) is 37.3 Å². The number of methoxy groups -OCH3 is 1. The van der Waals surface area contributed by atoms with E-state index in [9.17, 15) is 44.7 Å². The second-order valence-corrected chi connectivity index (χ2v) is 17.0. The number of aliphatic hydroxyl groups excluding tert-OH is 4. The lowest BCUT2D eigenvalue weighted by Crippen LogP contribution is -2.62. The van der Waals surface area contributed by atoms with Crippen LogP contribution in [0.1, 0.15) is 78.2 Å². The number of ketones is 3. The Balaban J connectivity index is 1.16. The van der Waals surface area contributed by atoms with E-state index in [-0.39, 0.29) is 43.0 Å². The van der Waals surface area contributed by atoms with Crippen molar-refractivity contribution in [3.8, 4) is 0 Å². The lowest BCUT2D eigenvalue weighted by Gasteiger charge is -2.55. The fourth-order valence-electron chi connectivity index (χ4n) is 9.91. The molecule has 0 bridgehead atoms. The summed E-state index contributed by atoms with van der Waals surface area (Å²) in [5.74, 6) is -3.00. The van der Waals surface area contributed by atoms with Crippen LogP contribution < -0.4 is 0 Å². The molecular formula is C43H58O15. The van der Waals surface area contributed by atoms with Gasteiger partial charge in [0.15, 0.2) is 18.4 Å². The summed E-state index contributed by atoms with van der Waals surface area (Å²) in [4.78, 5) is 53.8. The van der Waals surface area contributed by atoms with Gasteiger partial charge in [-0.15, -0.1) is 0 Å². The molecule has 1 aromatic rings. The van der Waals surface area contributed by atoms with Gasteiger partial charge >= 0.3 is 5.97 Å². The normalized spacial score (nSPS) is 42.3. The van der Waals surface area contributed by atoms with E-state index in [0.29, 0.717) is 19.3 Å². The van der Waals surface area contributed by atoms with E-state index in [0.717, 1.165) is 5.56 Å². The lowest BCUT2D eigenvalue weighted by atomic mass is 9.52. The van der Waals surface area contributed by atoms with Crippen molar-refractivity contribution in [2.24, 2.45) is 22.7 Å². The summed E-state index contributed by atoms with van der Waals surface area (Å²) in [6.07, 6.45) is -4.80.